The van der Waals surface area contributed by atoms with Crippen molar-refractivity contribution in [2.45, 2.75) is 26.4 Å². The number of amides is 1. The predicted molar refractivity (Wildman–Crippen MR) is 94.2 cm³/mol. The Morgan fingerprint density at radius 3 is 2.92 bits per heavy atom. The summed E-state index contributed by atoms with van der Waals surface area (Å²) in [6.45, 7) is 2.84. The molecule has 0 bridgehead atoms. The van der Waals surface area contributed by atoms with Crippen molar-refractivity contribution in [2.24, 2.45) is 0 Å². The summed E-state index contributed by atoms with van der Waals surface area (Å²) in [4.78, 5) is 32.4. The smallest absolute Gasteiger partial charge is 0.262 e. The summed E-state index contributed by atoms with van der Waals surface area (Å²) in [5.41, 5.74) is 1.29. The molecule has 3 aromatic rings. The summed E-state index contributed by atoms with van der Waals surface area (Å²) in [5, 5.41) is 0.613. The molecule has 7 heteroatoms. The van der Waals surface area contributed by atoms with Gasteiger partial charge in [0.25, 0.3) is 5.56 Å². The van der Waals surface area contributed by atoms with Gasteiger partial charge in [-0.25, -0.2) is 9.37 Å². The molecule has 1 aliphatic rings. The van der Waals surface area contributed by atoms with Crippen molar-refractivity contribution < 1.29 is 9.18 Å². The number of hydrogen-bond acceptors (Lipinski definition) is 4. The molecule has 128 valence electrons. The van der Waals surface area contributed by atoms with Gasteiger partial charge in [-0.15, -0.1) is 11.3 Å². The second-order valence-corrected chi connectivity index (χ2v) is 7.23. The zero-order chi connectivity index (χ0) is 17.6. The standard InChI is InChI=1S/C18H16FN3O2S/c1-11(23)21-7-6-13-15(9-21)25-17-16(13)18(24)22(10-20-17)8-12-4-2-3-5-14(12)19/h2-5,10H,6-9H2,1H3. The maximum atomic E-state index is 13.9. The lowest BCUT2D eigenvalue weighted by molar-refractivity contribution is -0.129. The number of nitrogens with zero attached hydrogens (tertiary/aromatic N) is 3. The molecule has 5 nitrogen and oxygen atoms in total. The Morgan fingerprint density at radius 1 is 1.36 bits per heavy atom. The molecule has 0 saturated carbocycles. The van der Waals surface area contributed by atoms with Crippen LogP contribution < -0.4 is 5.56 Å². The largest absolute Gasteiger partial charge is 0.337 e. The molecule has 25 heavy (non-hydrogen) atoms. The second-order valence-electron chi connectivity index (χ2n) is 6.14. The Balaban J connectivity index is 1.78. The predicted octanol–water partition coefficient (Wildman–Crippen LogP) is 2.55. The Kier molecular flexibility index (Phi) is 3.88. The van der Waals surface area contributed by atoms with Crippen LogP contribution in [0.3, 0.4) is 0 Å². The molecular weight excluding hydrogens is 341 g/mol. The first-order valence-corrected chi connectivity index (χ1v) is 8.85. The Hall–Kier alpha value is -2.54. The number of hydrogen-bond donors (Lipinski definition) is 0. The molecule has 0 atom stereocenters. The molecule has 1 aliphatic heterocycles. The van der Waals surface area contributed by atoms with Crippen molar-refractivity contribution in [1.82, 2.24) is 14.5 Å². The summed E-state index contributed by atoms with van der Waals surface area (Å²) in [6, 6.07) is 6.42. The summed E-state index contributed by atoms with van der Waals surface area (Å²) < 4.78 is 15.3. The summed E-state index contributed by atoms with van der Waals surface area (Å²) in [7, 11) is 0. The van der Waals surface area contributed by atoms with Crippen LogP contribution in [0.15, 0.2) is 35.4 Å². The molecule has 2 aromatic heterocycles. The molecule has 0 aliphatic carbocycles. The highest BCUT2D eigenvalue weighted by atomic mass is 32.1. The zero-order valence-electron chi connectivity index (χ0n) is 13.7. The van der Waals surface area contributed by atoms with E-state index in [1.807, 2.05) is 0 Å². The van der Waals surface area contributed by atoms with E-state index in [0.29, 0.717) is 35.3 Å². The van der Waals surface area contributed by atoms with Gasteiger partial charge in [0.05, 0.1) is 24.8 Å². The molecule has 0 unspecified atom stereocenters. The second kappa shape index (κ2) is 6.07. The minimum Gasteiger partial charge on any atom is -0.337 e. The van der Waals surface area contributed by atoms with Gasteiger partial charge in [-0.05, 0) is 18.1 Å². The van der Waals surface area contributed by atoms with E-state index >= 15 is 0 Å². The minimum atomic E-state index is -0.334. The maximum Gasteiger partial charge on any atom is 0.262 e. The van der Waals surface area contributed by atoms with Crippen molar-refractivity contribution in [3.63, 3.8) is 0 Å². The fourth-order valence-corrected chi connectivity index (χ4v) is 4.40. The third-order valence-electron chi connectivity index (χ3n) is 4.57. The normalized spacial score (nSPS) is 13.9. The number of benzene rings is 1. The van der Waals surface area contributed by atoms with Crippen molar-refractivity contribution >= 4 is 27.5 Å². The monoisotopic (exact) mass is 357 g/mol. The summed E-state index contributed by atoms with van der Waals surface area (Å²) in [6.07, 6.45) is 2.12. The Labute approximate surface area is 147 Å². The lowest BCUT2D eigenvalue weighted by Gasteiger charge is -2.25. The third kappa shape index (κ3) is 2.74. The quantitative estimate of drug-likeness (QED) is 0.708. The highest BCUT2D eigenvalue weighted by molar-refractivity contribution is 7.18. The number of carbonyl (C=O) groups is 1. The van der Waals surface area contributed by atoms with Gasteiger partial charge in [-0.2, -0.15) is 0 Å². The van der Waals surface area contributed by atoms with E-state index in [2.05, 4.69) is 4.98 Å². The fraction of sp³-hybridized carbons (Fsp3) is 0.278. The van der Waals surface area contributed by atoms with Crippen LogP contribution in [-0.4, -0.2) is 26.9 Å². The molecule has 0 spiro atoms. The molecular formula is C18H16FN3O2S. The fourth-order valence-electron chi connectivity index (χ4n) is 3.21. The van der Waals surface area contributed by atoms with E-state index < -0.39 is 0 Å². The van der Waals surface area contributed by atoms with Gasteiger partial charge in [0.15, 0.2) is 0 Å². The zero-order valence-corrected chi connectivity index (χ0v) is 14.5. The first-order chi connectivity index (χ1) is 12.0. The van der Waals surface area contributed by atoms with Crippen LogP contribution in [0.5, 0.6) is 0 Å². The van der Waals surface area contributed by atoms with Gasteiger partial charge in [-0.3, -0.25) is 14.2 Å². The van der Waals surface area contributed by atoms with Crippen molar-refractivity contribution in [3.8, 4) is 0 Å². The molecule has 0 fully saturated rings. The van der Waals surface area contributed by atoms with Gasteiger partial charge in [0.2, 0.25) is 5.91 Å². The SMILES string of the molecule is CC(=O)N1CCc2c(sc3ncn(Cc4ccccc4F)c(=O)c23)C1. The number of carbonyl (C=O) groups excluding carboxylic acids is 1. The molecule has 3 heterocycles. The van der Waals surface area contributed by atoms with E-state index in [9.17, 15) is 14.0 Å². The van der Waals surface area contributed by atoms with Crippen LogP contribution in [0.2, 0.25) is 0 Å². The lowest BCUT2D eigenvalue weighted by atomic mass is 10.1. The molecule has 0 saturated heterocycles. The highest BCUT2D eigenvalue weighted by Crippen LogP contribution is 2.32. The van der Waals surface area contributed by atoms with E-state index in [-0.39, 0.29) is 23.8 Å². The molecule has 1 amide bonds. The van der Waals surface area contributed by atoms with Crippen LogP contribution >= 0.6 is 11.3 Å². The van der Waals surface area contributed by atoms with Crippen LogP contribution in [-0.2, 0) is 24.3 Å². The van der Waals surface area contributed by atoms with Gasteiger partial charge in [0, 0.05) is 23.9 Å². The van der Waals surface area contributed by atoms with Gasteiger partial charge >= 0.3 is 0 Å². The third-order valence-corrected chi connectivity index (χ3v) is 5.70. The maximum absolute atomic E-state index is 13.9. The average Bonchev–Trinajstić information content (AvgIpc) is 2.97. The van der Waals surface area contributed by atoms with E-state index in [4.69, 9.17) is 0 Å². The topological polar surface area (TPSA) is 55.2 Å². The minimum absolute atomic E-state index is 0.0352. The van der Waals surface area contributed by atoms with Crippen molar-refractivity contribution in [1.29, 1.82) is 0 Å². The van der Waals surface area contributed by atoms with Crippen molar-refractivity contribution in [3.05, 3.63) is 62.8 Å². The van der Waals surface area contributed by atoms with Crippen LogP contribution in [0.4, 0.5) is 4.39 Å². The van der Waals surface area contributed by atoms with Crippen LogP contribution in [0, 0.1) is 5.82 Å². The number of thiophene rings is 1. The first-order valence-electron chi connectivity index (χ1n) is 8.03. The summed E-state index contributed by atoms with van der Waals surface area (Å²) >= 11 is 1.46. The average molecular weight is 357 g/mol. The van der Waals surface area contributed by atoms with Crippen LogP contribution in [0.25, 0.3) is 10.2 Å². The summed E-state index contributed by atoms with van der Waals surface area (Å²) in [5.74, 6) is -0.299. The highest BCUT2D eigenvalue weighted by Gasteiger charge is 2.25. The molecule has 0 radical (unpaired) electrons. The van der Waals surface area contributed by atoms with E-state index in [0.717, 1.165) is 10.4 Å². The number of aromatic nitrogens is 2. The van der Waals surface area contributed by atoms with Gasteiger partial charge in [0.1, 0.15) is 10.6 Å². The van der Waals surface area contributed by atoms with Gasteiger partial charge in [-0.1, -0.05) is 18.2 Å². The van der Waals surface area contributed by atoms with Gasteiger partial charge < -0.3 is 4.90 Å². The first kappa shape index (κ1) is 16.0. The number of rotatable bonds is 2. The Bertz CT molecular complexity index is 1040. The molecule has 4 rings (SSSR count). The molecule has 1 aromatic carbocycles. The van der Waals surface area contributed by atoms with E-state index in [1.54, 1.807) is 30.0 Å². The number of halogens is 1. The number of fused-ring (bicyclic) bond motifs is 3. The van der Waals surface area contributed by atoms with E-state index in [1.165, 1.54) is 28.3 Å². The molecule has 0 N–H and O–H groups in total. The van der Waals surface area contributed by atoms with Crippen molar-refractivity contribution in [2.75, 3.05) is 6.54 Å². The van der Waals surface area contributed by atoms with Crippen LogP contribution in [0.1, 0.15) is 22.9 Å². The Morgan fingerprint density at radius 2 is 2.16 bits per heavy atom. The lowest BCUT2D eigenvalue weighted by Crippen LogP contribution is -2.34.